The maximum Gasteiger partial charge on any atom is 0.291 e. The van der Waals surface area contributed by atoms with Crippen LogP contribution in [0, 0.1) is 60.7 Å². The van der Waals surface area contributed by atoms with E-state index in [4.69, 9.17) is 20.0 Å². The van der Waals surface area contributed by atoms with E-state index in [2.05, 4.69) is 0 Å². The minimum absolute atomic E-state index is 0.180. The van der Waals surface area contributed by atoms with E-state index in [9.17, 15) is 60.7 Å². The highest BCUT2D eigenvalue weighted by Crippen LogP contribution is 2.62. The molecule has 64 heavy (non-hydrogen) atoms. The van der Waals surface area contributed by atoms with Gasteiger partial charge in [0.1, 0.15) is 0 Å². The monoisotopic (exact) mass is 860 g/mol. The van der Waals surface area contributed by atoms with Gasteiger partial charge in [-0.3, -0.25) is 60.7 Å². The summed E-state index contributed by atoms with van der Waals surface area (Å²) in [5.41, 5.74) is -16.6. The number of nitro groups is 6. The molecule has 2 heterocycles. The zero-order valence-electron chi connectivity index (χ0n) is 32.2. The van der Waals surface area contributed by atoms with Crippen molar-refractivity contribution in [2.45, 2.75) is 11.3 Å². The minimum atomic E-state index is -3.29. The molecule has 22 nitrogen and oxygen atoms in total. The first-order valence-electron chi connectivity index (χ1n) is 18.5. The number of benzene rings is 6. The van der Waals surface area contributed by atoms with Gasteiger partial charge in [0.05, 0.1) is 76.7 Å². The van der Waals surface area contributed by atoms with Crippen molar-refractivity contribution >= 4 is 57.0 Å². The molecule has 0 radical (unpaired) electrons. The number of hydrogen-bond donors (Lipinski definition) is 0. The molecule has 0 saturated carbocycles. The quantitative estimate of drug-likeness (QED) is 0.0785. The highest BCUT2D eigenvalue weighted by Gasteiger charge is 2.69. The highest BCUT2D eigenvalue weighted by molar-refractivity contribution is 6.56. The number of non-ortho nitro benzene ring substituents is 2. The van der Waals surface area contributed by atoms with Gasteiger partial charge in [-0.25, -0.2) is 20.0 Å². The average molecular weight is 861 g/mol. The zero-order valence-corrected chi connectivity index (χ0v) is 32.2. The Bertz CT molecular complexity index is 2730. The zero-order chi connectivity index (χ0) is 45.5. The lowest BCUT2D eigenvalue weighted by atomic mass is 9.78. The Kier molecular flexibility index (Phi) is 10.1. The number of rotatable bonds is 13. The summed E-state index contributed by atoms with van der Waals surface area (Å²) in [6.45, 7) is 0. The Hall–Kier alpha value is -9.60. The van der Waals surface area contributed by atoms with E-state index in [0.29, 0.717) is 24.3 Å². The van der Waals surface area contributed by atoms with Gasteiger partial charge in [-0.05, 0) is 0 Å². The lowest BCUT2D eigenvalue weighted by Gasteiger charge is -2.36. The van der Waals surface area contributed by atoms with E-state index in [1.54, 1.807) is 72.8 Å². The Morgan fingerprint density at radius 3 is 0.688 bits per heavy atom. The van der Waals surface area contributed by atoms with Gasteiger partial charge in [0, 0.05) is 22.3 Å². The van der Waals surface area contributed by atoms with Gasteiger partial charge >= 0.3 is 0 Å². The van der Waals surface area contributed by atoms with Gasteiger partial charge in [0.2, 0.25) is 11.3 Å². The summed E-state index contributed by atoms with van der Waals surface area (Å²) in [6.07, 6.45) is 0. The van der Waals surface area contributed by atoms with Crippen LogP contribution in [0.5, 0.6) is 0 Å². The molecule has 0 aliphatic carbocycles. The van der Waals surface area contributed by atoms with Crippen molar-refractivity contribution in [1.82, 2.24) is 0 Å². The second kappa shape index (κ2) is 15.8. The van der Waals surface area contributed by atoms with Gasteiger partial charge in [-0.15, -0.1) is 0 Å². The largest absolute Gasteiger partial charge is 0.291 e. The number of nitro benzene ring substituents is 6. The normalized spacial score (nSPS) is 14.7. The van der Waals surface area contributed by atoms with Gasteiger partial charge in [-0.1, -0.05) is 121 Å². The summed E-state index contributed by atoms with van der Waals surface area (Å²) in [5, 5.41) is 78.0. The van der Waals surface area contributed by atoms with Crippen molar-refractivity contribution in [2.75, 3.05) is 0 Å². The Morgan fingerprint density at radius 1 is 0.312 bits per heavy atom. The fourth-order valence-corrected chi connectivity index (χ4v) is 7.68. The van der Waals surface area contributed by atoms with Crippen molar-refractivity contribution in [3.8, 4) is 0 Å². The summed E-state index contributed by atoms with van der Waals surface area (Å²) in [6, 6.07) is 32.9. The molecule has 0 amide bonds. The number of hydrogen-bond acceptors (Lipinski definition) is 16. The van der Waals surface area contributed by atoms with Crippen LogP contribution < -0.4 is 0 Å². The maximum absolute atomic E-state index is 13.4. The molecule has 2 aliphatic rings. The first kappa shape index (κ1) is 41.1. The topological polar surface area (TPSA) is 308 Å². The lowest BCUT2D eigenvalue weighted by molar-refractivity contribution is -0.406. The number of aliphatic imine (C=N–C) groups is 4. The third-order valence-corrected chi connectivity index (χ3v) is 10.3. The van der Waals surface area contributed by atoms with Gasteiger partial charge in [0.25, 0.3) is 34.1 Å². The Balaban J connectivity index is 1.74. The van der Waals surface area contributed by atoms with E-state index in [1.807, 2.05) is 0 Å². The predicted octanol–water partition coefficient (Wildman–Crippen LogP) is 8.13. The van der Waals surface area contributed by atoms with E-state index in [-0.39, 0.29) is 45.1 Å². The van der Waals surface area contributed by atoms with Crippen molar-refractivity contribution in [1.29, 1.82) is 0 Å². The van der Waals surface area contributed by atoms with Crippen LogP contribution in [0.3, 0.4) is 0 Å². The van der Waals surface area contributed by atoms with Crippen LogP contribution in [0.2, 0.25) is 0 Å². The maximum atomic E-state index is 13.4. The van der Waals surface area contributed by atoms with Crippen LogP contribution in [0.4, 0.5) is 34.1 Å². The van der Waals surface area contributed by atoms with E-state index >= 15 is 0 Å². The molecule has 0 saturated heterocycles. The molecule has 314 valence electrons. The summed E-state index contributed by atoms with van der Waals surface area (Å²) >= 11 is 0. The van der Waals surface area contributed by atoms with E-state index in [0.717, 1.165) is 0 Å². The first-order valence-corrected chi connectivity index (χ1v) is 18.5. The van der Waals surface area contributed by atoms with Crippen LogP contribution in [-0.2, 0) is 11.3 Å². The first-order chi connectivity index (χ1) is 30.7. The Labute approximate surface area is 356 Å². The van der Waals surface area contributed by atoms with Gasteiger partial charge < -0.3 is 0 Å². The summed E-state index contributed by atoms with van der Waals surface area (Å²) < 4.78 is 0. The molecular formula is C42H24N10O12. The van der Waals surface area contributed by atoms with Crippen LogP contribution in [-0.4, -0.2) is 52.4 Å². The second-order valence-electron chi connectivity index (χ2n) is 13.9. The second-order valence-corrected chi connectivity index (χ2v) is 13.9. The SMILES string of the molecule is O=[N+]([O-])c1cc([N+](=O)[O-])c(C2(C3(c4c([N+](=O)[O-])cc([N+](=O)[O-])cc4[N+](=O)[O-])N=C(c4ccccc4)C(c4ccccc4)=N3)N=C(c3ccccc3)C(c3ccccc3)=N2)c([N+](=O)[O-])c1. The summed E-state index contributed by atoms with van der Waals surface area (Å²) in [5.74, 6) is 0. The highest BCUT2D eigenvalue weighted by atomic mass is 16.6. The van der Waals surface area contributed by atoms with E-state index < -0.39 is 86.1 Å². The average Bonchev–Trinajstić information content (AvgIpc) is 3.92. The molecule has 0 aromatic heterocycles. The minimum Gasteiger partial charge on any atom is -0.258 e. The van der Waals surface area contributed by atoms with Crippen molar-refractivity contribution in [3.05, 3.63) is 240 Å². The molecule has 22 heteroatoms. The third kappa shape index (κ3) is 6.73. The standard InChI is InChI=1S/C42H24N10O12/c53-47(54)29-21-31(49(57)58)35(32(22-29)50(59)60)41(43-37(25-13-5-1-6-14-25)38(44-41)26-15-7-2-8-16-26)42(36-33(51(61)62)23-30(48(55)56)24-34(36)52(63)64)45-39(27-17-9-3-10-18-27)40(46-42)28-19-11-4-12-20-28/h1-24H. The van der Waals surface area contributed by atoms with Crippen molar-refractivity contribution in [3.63, 3.8) is 0 Å². The predicted molar refractivity (Wildman–Crippen MR) is 228 cm³/mol. The molecular weight excluding hydrogens is 837 g/mol. The van der Waals surface area contributed by atoms with Gasteiger partial charge in [-0.2, -0.15) is 0 Å². The van der Waals surface area contributed by atoms with Crippen LogP contribution in [0.1, 0.15) is 33.4 Å². The molecule has 6 aromatic carbocycles. The summed E-state index contributed by atoms with van der Waals surface area (Å²) in [4.78, 5) is 90.8. The summed E-state index contributed by atoms with van der Waals surface area (Å²) in [7, 11) is 0. The molecule has 8 rings (SSSR count). The van der Waals surface area contributed by atoms with Crippen molar-refractivity contribution in [2.24, 2.45) is 20.0 Å². The molecule has 0 unspecified atom stereocenters. The fraction of sp³-hybridized carbons (Fsp3) is 0.0476. The van der Waals surface area contributed by atoms with Crippen LogP contribution in [0.25, 0.3) is 0 Å². The molecule has 0 bridgehead atoms. The Morgan fingerprint density at radius 2 is 0.516 bits per heavy atom. The van der Waals surface area contributed by atoms with E-state index in [1.165, 1.54) is 48.5 Å². The molecule has 2 aliphatic heterocycles. The van der Waals surface area contributed by atoms with Crippen molar-refractivity contribution < 1.29 is 29.5 Å². The third-order valence-electron chi connectivity index (χ3n) is 10.3. The molecule has 0 fully saturated rings. The van der Waals surface area contributed by atoms with Gasteiger partial charge in [0.15, 0.2) is 11.1 Å². The fourth-order valence-electron chi connectivity index (χ4n) is 7.68. The van der Waals surface area contributed by atoms with Crippen LogP contribution in [0.15, 0.2) is 166 Å². The lowest BCUT2D eigenvalue weighted by Crippen LogP contribution is -2.44. The molecule has 6 aromatic rings. The number of nitrogens with zero attached hydrogens (tertiary/aromatic N) is 10. The molecule has 0 spiro atoms. The van der Waals surface area contributed by atoms with Crippen LogP contribution >= 0.6 is 0 Å². The smallest absolute Gasteiger partial charge is 0.258 e. The molecule has 0 atom stereocenters. The molecule has 0 N–H and O–H groups in total.